The van der Waals surface area contributed by atoms with Gasteiger partial charge in [-0.2, -0.15) is 9.64 Å². The molecule has 0 radical (unpaired) electrons. The van der Waals surface area contributed by atoms with Gasteiger partial charge in [-0.25, -0.2) is 4.79 Å². The molecule has 1 aromatic carbocycles. The predicted octanol–water partition coefficient (Wildman–Crippen LogP) is 1.95. The fourth-order valence-corrected chi connectivity index (χ4v) is 2.06. The third-order valence-corrected chi connectivity index (χ3v) is 2.79. The van der Waals surface area contributed by atoms with Crippen LogP contribution in [-0.4, -0.2) is 17.5 Å². The number of aromatic nitrogens is 1. The van der Waals surface area contributed by atoms with Crippen molar-refractivity contribution in [1.29, 1.82) is 5.26 Å². The number of hydrogen-bond donors (Lipinski definition) is 0. The zero-order valence-electron chi connectivity index (χ0n) is 7.85. The van der Waals surface area contributed by atoms with E-state index in [4.69, 9.17) is 5.26 Å². The van der Waals surface area contributed by atoms with Gasteiger partial charge in [-0.3, -0.25) is 0 Å². The summed E-state index contributed by atoms with van der Waals surface area (Å²) in [5, 5.41) is 9.43. The summed E-state index contributed by atoms with van der Waals surface area (Å²) in [7, 11) is 1.32. The van der Waals surface area contributed by atoms with Gasteiger partial charge in [0, 0.05) is 5.39 Å². The maximum Gasteiger partial charge on any atom is 0.358 e. The van der Waals surface area contributed by atoms with Crippen LogP contribution < -0.4 is 0 Å². The first kappa shape index (κ1) is 9.62. The van der Waals surface area contributed by atoms with E-state index < -0.39 is 5.97 Å². The standard InChI is InChI=1S/C10H6N2O2S/c1-14-10(13)9-7-3-2-6(5-11)4-8(7)15-12-9/h2-4H,1H3. The molecule has 0 spiro atoms. The number of nitrogens with zero attached hydrogens (tertiary/aromatic N) is 2. The summed E-state index contributed by atoms with van der Waals surface area (Å²) in [5.41, 5.74) is 0.865. The second-order valence-corrected chi connectivity index (χ2v) is 3.65. The van der Waals surface area contributed by atoms with Gasteiger partial charge in [0.2, 0.25) is 0 Å². The van der Waals surface area contributed by atoms with Crippen molar-refractivity contribution in [2.75, 3.05) is 7.11 Å². The molecule has 5 heteroatoms. The van der Waals surface area contributed by atoms with Crippen molar-refractivity contribution in [1.82, 2.24) is 4.37 Å². The van der Waals surface area contributed by atoms with Crippen LogP contribution in [-0.2, 0) is 4.74 Å². The molecule has 0 aliphatic rings. The molecule has 0 fully saturated rings. The van der Waals surface area contributed by atoms with Crippen LogP contribution in [0.5, 0.6) is 0 Å². The molecule has 0 saturated heterocycles. The van der Waals surface area contributed by atoms with Crippen LogP contribution >= 0.6 is 11.5 Å². The predicted molar refractivity (Wildman–Crippen MR) is 55.7 cm³/mol. The number of methoxy groups -OCH3 is 1. The zero-order chi connectivity index (χ0) is 10.8. The highest BCUT2D eigenvalue weighted by atomic mass is 32.1. The van der Waals surface area contributed by atoms with Gasteiger partial charge < -0.3 is 4.74 Å². The molecule has 0 bridgehead atoms. The lowest BCUT2D eigenvalue weighted by Gasteiger charge is -1.94. The summed E-state index contributed by atoms with van der Waals surface area (Å²) < 4.78 is 9.41. The summed E-state index contributed by atoms with van der Waals surface area (Å²) in [6.45, 7) is 0. The van der Waals surface area contributed by atoms with E-state index in [1.165, 1.54) is 18.6 Å². The molecule has 2 rings (SSSR count). The number of carbonyl (C=O) groups is 1. The number of fused-ring (bicyclic) bond motifs is 1. The number of benzene rings is 1. The fourth-order valence-electron chi connectivity index (χ4n) is 1.25. The normalized spacial score (nSPS) is 9.87. The van der Waals surface area contributed by atoms with E-state index >= 15 is 0 Å². The summed E-state index contributed by atoms with van der Waals surface area (Å²) >= 11 is 1.19. The van der Waals surface area contributed by atoms with Gasteiger partial charge >= 0.3 is 5.97 Å². The third-order valence-electron chi connectivity index (χ3n) is 1.98. The van der Waals surface area contributed by atoms with Gasteiger partial charge in [-0.15, -0.1) is 0 Å². The Kier molecular flexibility index (Phi) is 2.35. The summed E-state index contributed by atoms with van der Waals surface area (Å²) in [4.78, 5) is 11.3. The highest BCUT2D eigenvalue weighted by Crippen LogP contribution is 2.24. The van der Waals surface area contributed by atoms with Crippen molar-refractivity contribution < 1.29 is 9.53 Å². The Morgan fingerprint density at radius 2 is 2.40 bits per heavy atom. The van der Waals surface area contributed by atoms with Crippen LogP contribution in [0.1, 0.15) is 16.1 Å². The first-order valence-corrected chi connectivity index (χ1v) is 4.91. The average Bonchev–Trinajstić information content (AvgIpc) is 2.70. The number of esters is 1. The maximum absolute atomic E-state index is 11.3. The smallest absolute Gasteiger partial charge is 0.358 e. The Bertz CT molecular complexity index is 568. The monoisotopic (exact) mass is 218 g/mol. The second-order valence-electron chi connectivity index (χ2n) is 2.85. The highest BCUT2D eigenvalue weighted by molar-refractivity contribution is 7.13. The van der Waals surface area contributed by atoms with Crippen molar-refractivity contribution in [3.63, 3.8) is 0 Å². The SMILES string of the molecule is COC(=O)c1nsc2cc(C#N)ccc12. The Morgan fingerprint density at radius 1 is 1.60 bits per heavy atom. The lowest BCUT2D eigenvalue weighted by Crippen LogP contribution is -2.01. The number of carbonyl (C=O) groups excluding carboxylic acids is 1. The minimum atomic E-state index is -0.453. The number of ether oxygens (including phenoxy) is 1. The van der Waals surface area contributed by atoms with Crippen LogP contribution in [0.25, 0.3) is 10.1 Å². The number of nitriles is 1. The Balaban J connectivity index is 2.63. The van der Waals surface area contributed by atoms with Gasteiger partial charge in [0.25, 0.3) is 0 Å². The minimum absolute atomic E-state index is 0.307. The van der Waals surface area contributed by atoms with E-state index in [0.29, 0.717) is 11.3 Å². The van der Waals surface area contributed by atoms with Crippen LogP contribution in [0.3, 0.4) is 0 Å². The van der Waals surface area contributed by atoms with Crippen molar-refractivity contribution >= 4 is 27.6 Å². The van der Waals surface area contributed by atoms with E-state index in [-0.39, 0.29) is 0 Å². The number of hydrogen-bond acceptors (Lipinski definition) is 5. The van der Waals surface area contributed by atoms with Crippen LogP contribution in [0.2, 0.25) is 0 Å². The van der Waals surface area contributed by atoms with Crippen LogP contribution in [0.4, 0.5) is 0 Å². The molecule has 4 nitrogen and oxygen atoms in total. The summed E-state index contributed by atoms with van der Waals surface area (Å²) in [6.07, 6.45) is 0. The van der Waals surface area contributed by atoms with Crippen molar-refractivity contribution in [2.24, 2.45) is 0 Å². The van der Waals surface area contributed by atoms with Gasteiger partial charge in [-0.05, 0) is 29.7 Å². The molecular formula is C10H6N2O2S. The molecule has 1 aromatic heterocycles. The molecule has 74 valence electrons. The topological polar surface area (TPSA) is 63.0 Å². The molecule has 15 heavy (non-hydrogen) atoms. The average molecular weight is 218 g/mol. The Labute approximate surface area is 89.9 Å². The lowest BCUT2D eigenvalue weighted by molar-refractivity contribution is 0.0598. The molecule has 2 aromatic rings. The largest absolute Gasteiger partial charge is 0.464 e. The Morgan fingerprint density at radius 3 is 3.07 bits per heavy atom. The van der Waals surface area contributed by atoms with E-state index in [0.717, 1.165) is 10.1 Å². The molecule has 1 heterocycles. The molecule has 0 aliphatic heterocycles. The fraction of sp³-hybridized carbons (Fsp3) is 0.100. The molecule has 0 saturated carbocycles. The second kappa shape index (κ2) is 3.67. The van der Waals surface area contributed by atoms with Crippen molar-refractivity contribution in [3.8, 4) is 6.07 Å². The van der Waals surface area contributed by atoms with Crippen LogP contribution in [0, 0.1) is 11.3 Å². The first-order valence-electron chi connectivity index (χ1n) is 4.14. The zero-order valence-corrected chi connectivity index (χ0v) is 8.67. The molecule has 0 aliphatic carbocycles. The van der Waals surface area contributed by atoms with Crippen molar-refractivity contribution in [2.45, 2.75) is 0 Å². The molecule has 0 amide bonds. The highest BCUT2D eigenvalue weighted by Gasteiger charge is 2.14. The number of rotatable bonds is 1. The van der Waals surface area contributed by atoms with E-state index in [1.54, 1.807) is 18.2 Å². The van der Waals surface area contributed by atoms with E-state index in [1.807, 2.05) is 6.07 Å². The third kappa shape index (κ3) is 1.55. The van der Waals surface area contributed by atoms with Crippen molar-refractivity contribution in [3.05, 3.63) is 29.5 Å². The van der Waals surface area contributed by atoms with Gasteiger partial charge in [0.05, 0.1) is 23.4 Å². The van der Waals surface area contributed by atoms with Gasteiger partial charge in [0.1, 0.15) is 0 Å². The maximum atomic E-state index is 11.3. The Hall–Kier alpha value is -1.93. The summed E-state index contributed by atoms with van der Waals surface area (Å²) in [6, 6.07) is 7.11. The molecule has 0 N–H and O–H groups in total. The van der Waals surface area contributed by atoms with E-state index in [9.17, 15) is 4.79 Å². The van der Waals surface area contributed by atoms with E-state index in [2.05, 4.69) is 9.11 Å². The molecular weight excluding hydrogens is 212 g/mol. The van der Waals surface area contributed by atoms with Gasteiger partial charge in [-0.1, -0.05) is 0 Å². The van der Waals surface area contributed by atoms with Crippen LogP contribution in [0.15, 0.2) is 18.2 Å². The molecule has 0 atom stereocenters. The summed E-state index contributed by atoms with van der Waals surface area (Å²) in [5.74, 6) is -0.453. The first-order chi connectivity index (χ1) is 7.26. The molecule has 0 unspecified atom stereocenters. The lowest BCUT2D eigenvalue weighted by atomic mass is 10.1. The quantitative estimate of drug-likeness (QED) is 0.686. The minimum Gasteiger partial charge on any atom is -0.464 e. The van der Waals surface area contributed by atoms with Gasteiger partial charge in [0.15, 0.2) is 5.69 Å².